The summed E-state index contributed by atoms with van der Waals surface area (Å²) < 4.78 is 0. The third-order valence-electron chi connectivity index (χ3n) is 2.09. The SMILES string of the molecule is OCCC[NH+]1CC[NH2+]CC1. The summed E-state index contributed by atoms with van der Waals surface area (Å²) in [7, 11) is 0. The normalized spacial score (nSPS) is 21.3. The minimum atomic E-state index is 0.354. The van der Waals surface area contributed by atoms with Gasteiger partial charge < -0.3 is 15.3 Å². The Morgan fingerprint density at radius 1 is 1.30 bits per heavy atom. The standard InChI is InChI=1S/C7H16N2O/c10-7-1-4-9-5-2-8-3-6-9/h8,10H,1-7H2/p+2. The zero-order valence-corrected chi connectivity index (χ0v) is 6.47. The van der Waals surface area contributed by atoms with Crippen LogP contribution in [0.2, 0.25) is 0 Å². The van der Waals surface area contributed by atoms with Gasteiger partial charge >= 0.3 is 0 Å². The molecule has 0 radical (unpaired) electrons. The molecule has 10 heavy (non-hydrogen) atoms. The number of aliphatic hydroxyl groups is 1. The van der Waals surface area contributed by atoms with Crippen molar-refractivity contribution in [3.63, 3.8) is 0 Å². The van der Waals surface area contributed by atoms with Gasteiger partial charge in [0.25, 0.3) is 0 Å². The Labute approximate surface area is 62.0 Å². The molecule has 0 aliphatic carbocycles. The molecule has 0 aromatic rings. The van der Waals surface area contributed by atoms with Crippen molar-refractivity contribution in [1.82, 2.24) is 0 Å². The fraction of sp³-hybridized carbons (Fsp3) is 1.00. The quantitative estimate of drug-likeness (QED) is 0.386. The first-order valence-corrected chi connectivity index (χ1v) is 4.19. The van der Waals surface area contributed by atoms with E-state index in [4.69, 9.17) is 5.11 Å². The zero-order chi connectivity index (χ0) is 7.23. The average Bonchev–Trinajstić information content (AvgIpc) is 2.03. The van der Waals surface area contributed by atoms with Crippen LogP contribution in [-0.4, -0.2) is 44.4 Å². The maximum Gasteiger partial charge on any atom is 0.127 e. The number of hydrogen-bond acceptors (Lipinski definition) is 1. The summed E-state index contributed by atoms with van der Waals surface area (Å²) >= 11 is 0. The molecule has 1 rings (SSSR count). The highest BCUT2D eigenvalue weighted by Crippen LogP contribution is 1.66. The number of piperazine rings is 1. The van der Waals surface area contributed by atoms with Gasteiger partial charge in [0.05, 0.1) is 6.54 Å². The largest absolute Gasteiger partial charge is 0.396 e. The first-order valence-electron chi connectivity index (χ1n) is 4.19. The molecular weight excluding hydrogens is 128 g/mol. The number of quaternary nitrogens is 2. The molecule has 60 valence electrons. The Balaban J connectivity index is 2.02. The van der Waals surface area contributed by atoms with Crippen LogP contribution >= 0.6 is 0 Å². The molecule has 0 spiro atoms. The van der Waals surface area contributed by atoms with Gasteiger partial charge in [0, 0.05) is 13.0 Å². The van der Waals surface area contributed by atoms with Gasteiger partial charge in [-0.05, 0) is 0 Å². The molecule has 0 saturated carbocycles. The van der Waals surface area contributed by atoms with Crippen molar-refractivity contribution < 1.29 is 15.3 Å². The van der Waals surface area contributed by atoms with E-state index in [1.165, 1.54) is 26.2 Å². The van der Waals surface area contributed by atoms with Gasteiger partial charge in [-0.2, -0.15) is 0 Å². The van der Waals surface area contributed by atoms with Crippen molar-refractivity contribution in [3.8, 4) is 0 Å². The maximum absolute atomic E-state index is 8.58. The lowest BCUT2D eigenvalue weighted by Crippen LogP contribution is -3.20. The highest BCUT2D eigenvalue weighted by molar-refractivity contribution is 4.35. The Hall–Kier alpha value is -0.120. The molecule has 0 aromatic carbocycles. The van der Waals surface area contributed by atoms with Gasteiger partial charge in [0.2, 0.25) is 0 Å². The third-order valence-corrected chi connectivity index (χ3v) is 2.09. The summed E-state index contributed by atoms with van der Waals surface area (Å²) in [5.74, 6) is 0. The Morgan fingerprint density at radius 3 is 2.60 bits per heavy atom. The van der Waals surface area contributed by atoms with Crippen molar-refractivity contribution in [2.75, 3.05) is 39.3 Å². The van der Waals surface area contributed by atoms with E-state index in [2.05, 4.69) is 5.32 Å². The van der Waals surface area contributed by atoms with E-state index in [1.54, 1.807) is 4.90 Å². The lowest BCUT2D eigenvalue weighted by molar-refractivity contribution is -0.946. The van der Waals surface area contributed by atoms with E-state index >= 15 is 0 Å². The van der Waals surface area contributed by atoms with Crippen molar-refractivity contribution in [1.29, 1.82) is 0 Å². The molecule has 1 aliphatic rings. The molecule has 0 amide bonds. The molecule has 0 aromatic heterocycles. The summed E-state index contributed by atoms with van der Waals surface area (Å²) in [4.78, 5) is 1.66. The van der Waals surface area contributed by atoms with E-state index in [0.717, 1.165) is 13.0 Å². The van der Waals surface area contributed by atoms with E-state index in [1.807, 2.05) is 0 Å². The number of rotatable bonds is 3. The topological polar surface area (TPSA) is 41.3 Å². The Morgan fingerprint density at radius 2 is 2.00 bits per heavy atom. The fourth-order valence-corrected chi connectivity index (χ4v) is 1.46. The van der Waals surface area contributed by atoms with Crippen LogP contribution in [0.3, 0.4) is 0 Å². The lowest BCUT2D eigenvalue weighted by Gasteiger charge is -2.21. The van der Waals surface area contributed by atoms with Gasteiger partial charge in [-0.1, -0.05) is 0 Å². The molecule has 1 heterocycles. The van der Waals surface area contributed by atoms with E-state index in [0.29, 0.717) is 6.61 Å². The second-order valence-electron chi connectivity index (χ2n) is 2.94. The summed E-state index contributed by atoms with van der Waals surface area (Å²) in [6.07, 6.45) is 0.968. The van der Waals surface area contributed by atoms with Crippen molar-refractivity contribution in [2.45, 2.75) is 6.42 Å². The number of nitrogens with two attached hydrogens (primary N) is 1. The summed E-state index contributed by atoms with van der Waals surface area (Å²) in [6, 6.07) is 0. The van der Waals surface area contributed by atoms with Crippen molar-refractivity contribution >= 4 is 0 Å². The predicted octanol–water partition coefficient (Wildman–Crippen LogP) is -3.17. The van der Waals surface area contributed by atoms with Crippen LogP contribution in [0, 0.1) is 0 Å². The van der Waals surface area contributed by atoms with Gasteiger partial charge in [-0.15, -0.1) is 0 Å². The van der Waals surface area contributed by atoms with Gasteiger partial charge in [-0.25, -0.2) is 0 Å². The van der Waals surface area contributed by atoms with Crippen LogP contribution in [0.15, 0.2) is 0 Å². The molecule has 3 heteroatoms. The van der Waals surface area contributed by atoms with Crippen LogP contribution in [0.1, 0.15) is 6.42 Å². The van der Waals surface area contributed by atoms with Gasteiger partial charge in [-0.3, -0.25) is 0 Å². The highest BCUT2D eigenvalue weighted by atomic mass is 16.3. The monoisotopic (exact) mass is 146 g/mol. The summed E-state index contributed by atoms with van der Waals surface area (Å²) in [5, 5.41) is 10.9. The van der Waals surface area contributed by atoms with Crippen LogP contribution in [-0.2, 0) is 0 Å². The minimum Gasteiger partial charge on any atom is -0.396 e. The van der Waals surface area contributed by atoms with Gasteiger partial charge in [0.1, 0.15) is 26.2 Å². The van der Waals surface area contributed by atoms with Gasteiger partial charge in [0.15, 0.2) is 0 Å². The second-order valence-corrected chi connectivity index (χ2v) is 2.94. The molecule has 1 fully saturated rings. The van der Waals surface area contributed by atoms with E-state index in [9.17, 15) is 0 Å². The zero-order valence-electron chi connectivity index (χ0n) is 6.47. The van der Waals surface area contributed by atoms with E-state index in [-0.39, 0.29) is 0 Å². The van der Waals surface area contributed by atoms with Crippen LogP contribution in [0.25, 0.3) is 0 Å². The smallest absolute Gasteiger partial charge is 0.127 e. The molecule has 1 saturated heterocycles. The Kier molecular flexibility index (Phi) is 3.72. The lowest BCUT2D eigenvalue weighted by atomic mass is 10.3. The average molecular weight is 146 g/mol. The molecule has 0 bridgehead atoms. The van der Waals surface area contributed by atoms with Crippen molar-refractivity contribution in [3.05, 3.63) is 0 Å². The minimum absolute atomic E-state index is 0.354. The van der Waals surface area contributed by atoms with Crippen molar-refractivity contribution in [2.24, 2.45) is 0 Å². The first-order chi connectivity index (χ1) is 4.93. The van der Waals surface area contributed by atoms with Crippen LogP contribution in [0.5, 0.6) is 0 Å². The number of nitrogens with one attached hydrogen (secondary N) is 1. The molecule has 0 atom stereocenters. The van der Waals surface area contributed by atoms with Crippen LogP contribution in [0.4, 0.5) is 0 Å². The highest BCUT2D eigenvalue weighted by Gasteiger charge is 2.13. The van der Waals surface area contributed by atoms with E-state index < -0.39 is 0 Å². The van der Waals surface area contributed by atoms with Crippen LogP contribution < -0.4 is 10.2 Å². The molecule has 0 unspecified atom stereocenters. The molecule has 3 nitrogen and oxygen atoms in total. The summed E-state index contributed by atoms with van der Waals surface area (Å²) in [6.45, 7) is 6.60. The maximum atomic E-state index is 8.58. The third kappa shape index (κ3) is 2.64. The summed E-state index contributed by atoms with van der Waals surface area (Å²) in [5.41, 5.74) is 0. The fourth-order valence-electron chi connectivity index (χ4n) is 1.46. The second kappa shape index (κ2) is 4.66. The number of hydrogen-bond donors (Lipinski definition) is 3. The predicted molar refractivity (Wildman–Crippen MR) is 38.9 cm³/mol. The molecule has 4 N–H and O–H groups in total. The first kappa shape index (κ1) is 7.98. The molecule has 1 aliphatic heterocycles. The molecular formula is C7H18N2O+2. The number of aliphatic hydroxyl groups excluding tert-OH is 1. The Bertz CT molecular complexity index is 81.7.